The summed E-state index contributed by atoms with van der Waals surface area (Å²) in [7, 11) is -3.77. The van der Waals surface area contributed by atoms with Crippen LogP contribution in [0.25, 0.3) is 10.1 Å². The van der Waals surface area contributed by atoms with Gasteiger partial charge in [-0.2, -0.15) is 0 Å². The monoisotopic (exact) mass is 524 g/mol. The van der Waals surface area contributed by atoms with Crippen LogP contribution in [0.4, 0.5) is 18.2 Å². The molecule has 0 aliphatic carbocycles. The van der Waals surface area contributed by atoms with Gasteiger partial charge in [-0.3, -0.25) is 4.31 Å². The topological polar surface area (TPSA) is 68.2 Å². The van der Waals surface area contributed by atoms with E-state index in [1.54, 1.807) is 0 Å². The van der Waals surface area contributed by atoms with Gasteiger partial charge in [0.2, 0.25) is 10.0 Å². The normalized spacial score (nSPS) is 14.2. The number of fused-ring (bicyclic) bond motifs is 1. The Hall–Kier alpha value is -3.05. The van der Waals surface area contributed by atoms with Crippen molar-refractivity contribution in [3.05, 3.63) is 72.0 Å². The number of nitrogens with zero attached hydrogens (tertiary/aromatic N) is 2. The SMILES string of the molecule is C=C1CC(CCCS(=O)(=O)N(Cc2ccc(OC(F)(F)F)cc2)c2sc3ccccc3c2C)=NO1. The summed E-state index contributed by atoms with van der Waals surface area (Å²) in [4.78, 5) is 4.99. The average Bonchev–Trinajstić information content (AvgIpc) is 3.35. The molecule has 0 saturated carbocycles. The lowest BCUT2D eigenvalue weighted by Crippen LogP contribution is -2.32. The van der Waals surface area contributed by atoms with E-state index in [0.717, 1.165) is 21.4 Å². The molecule has 4 rings (SSSR count). The molecular weight excluding hydrogens is 501 g/mol. The summed E-state index contributed by atoms with van der Waals surface area (Å²) in [5.41, 5.74) is 2.11. The first kappa shape index (κ1) is 25.1. The molecule has 0 radical (unpaired) electrons. The number of hydrogen-bond acceptors (Lipinski definition) is 6. The van der Waals surface area contributed by atoms with Crippen molar-refractivity contribution >= 4 is 42.2 Å². The van der Waals surface area contributed by atoms with Crippen molar-refractivity contribution in [3.8, 4) is 5.75 Å². The maximum atomic E-state index is 13.5. The van der Waals surface area contributed by atoms with Crippen molar-refractivity contribution in [2.24, 2.45) is 5.16 Å². The first-order chi connectivity index (χ1) is 16.5. The van der Waals surface area contributed by atoms with Gasteiger partial charge in [-0.15, -0.1) is 24.5 Å². The smallest absolute Gasteiger partial charge is 0.406 e. The number of anilines is 1. The van der Waals surface area contributed by atoms with E-state index in [4.69, 9.17) is 4.84 Å². The fraction of sp³-hybridized carbons (Fsp3) is 0.292. The van der Waals surface area contributed by atoms with Crippen LogP contribution in [-0.4, -0.2) is 26.2 Å². The molecule has 3 aromatic rings. The number of ether oxygens (including phenoxy) is 1. The van der Waals surface area contributed by atoms with Crippen LogP contribution in [-0.2, 0) is 21.4 Å². The fourth-order valence-corrected chi connectivity index (χ4v) is 6.82. The number of halogens is 3. The molecule has 0 atom stereocenters. The number of hydrogen-bond donors (Lipinski definition) is 0. The van der Waals surface area contributed by atoms with Crippen molar-refractivity contribution in [1.29, 1.82) is 0 Å². The van der Waals surface area contributed by atoms with Crippen molar-refractivity contribution in [2.45, 2.75) is 39.1 Å². The Morgan fingerprint density at radius 1 is 1.17 bits per heavy atom. The quantitative estimate of drug-likeness (QED) is 0.320. The Morgan fingerprint density at radius 2 is 1.89 bits per heavy atom. The molecule has 0 unspecified atom stereocenters. The number of alkyl halides is 3. The van der Waals surface area contributed by atoms with Crippen LogP contribution in [0.3, 0.4) is 0 Å². The predicted molar refractivity (Wildman–Crippen MR) is 131 cm³/mol. The van der Waals surface area contributed by atoms with Crippen molar-refractivity contribution < 1.29 is 31.2 Å². The van der Waals surface area contributed by atoms with Gasteiger partial charge in [0.25, 0.3) is 0 Å². The number of allylic oxidation sites excluding steroid dienone is 1. The van der Waals surface area contributed by atoms with E-state index in [-0.39, 0.29) is 18.0 Å². The summed E-state index contributed by atoms with van der Waals surface area (Å²) in [5.74, 6) is 0.0414. The number of oxime groups is 1. The Bertz CT molecular complexity index is 1360. The van der Waals surface area contributed by atoms with E-state index in [2.05, 4.69) is 16.5 Å². The Labute approximate surface area is 205 Å². The Balaban J connectivity index is 1.60. The average molecular weight is 525 g/mol. The zero-order valence-electron chi connectivity index (χ0n) is 18.8. The minimum Gasteiger partial charge on any atom is -0.406 e. The van der Waals surface area contributed by atoms with Crippen molar-refractivity contribution in [3.63, 3.8) is 0 Å². The third-order valence-electron chi connectivity index (χ3n) is 5.44. The van der Waals surface area contributed by atoms with E-state index in [9.17, 15) is 21.6 Å². The molecule has 1 aliphatic heterocycles. The maximum Gasteiger partial charge on any atom is 0.573 e. The number of benzene rings is 2. The molecule has 0 fully saturated rings. The summed E-state index contributed by atoms with van der Waals surface area (Å²) in [5, 5.41) is 5.44. The van der Waals surface area contributed by atoms with Gasteiger partial charge in [0.15, 0.2) is 0 Å². The second kappa shape index (κ2) is 9.90. The Kier molecular flexibility index (Phi) is 7.09. The third-order valence-corrected chi connectivity index (χ3v) is 8.64. The largest absolute Gasteiger partial charge is 0.573 e. The number of thiophene rings is 1. The lowest BCUT2D eigenvalue weighted by atomic mass is 10.1. The highest BCUT2D eigenvalue weighted by Crippen LogP contribution is 2.40. The summed E-state index contributed by atoms with van der Waals surface area (Å²) < 4.78 is 70.8. The van der Waals surface area contributed by atoms with Crippen LogP contribution in [0.5, 0.6) is 5.75 Å². The van der Waals surface area contributed by atoms with Crippen LogP contribution in [0.15, 0.2) is 66.0 Å². The number of aryl methyl sites for hydroxylation is 1. The highest BCUT2D eigenvalue weighted by molar-refractivity contribution is 7.93. The molecule has 1 aliphatic rings. The molecule has 35 heavy (non-hydrogen) atoms. The zero-order chi connectivity index (χ0) is 25.2. The molecule has 0 bridgehead atoms. The lowest BCUT2D eigenvalue weighted by molar-refractivity contribution is -0.274. The van der Waals surface area contributed by atoms with Crippen LogP contribution in [0.2, 0.25) is 0 Å². The molecule has 0 N–H and O–H groups in total. The minimum absolute atomic E-state index is 0.0246. The van der Waals surface area contributed by atoms with Crippen LogP contribution >= 0.6 is 11.3 Å². The molecule has 2 heterocycles. The summed E-state index contributed by atoms with van der Waals surface area (Å²) in [6.07, 6.45) is -3.50. The van der Waals surface area contributed by atoms with E-state index >= 15 is 0 Å². The minimum atomic E-state index is -4.80. The fourth-order valence-electron chi connectivity index (χ4n) is 3.78. The van der Waals surface area contributed by atoms with Gasteiger partial charge < -0.3 is 9.57 Å². The van der Waals surface area contributed by atoms with Gasteiger partial charge in [-0.05, 0) is 54.5 Å². The highest BCUT2D eigenvalue weighted by atomic mass is 32.2. The molecule has 0 amide bonds. The predicted octanol–water partition coefficient (Wildman–Crippen LogP) is 6.51. The second-order valence-electron chi connectivity index (χ2n) is 8.11. The molecule has 6 nitrogen and oxygen atoms in total. The standard InChI is InChI=1S/C24H23F3N2O4S2/c1-16-14-19(28-33-16)6-5-13-35(30,31)29(23-17(2)21-7-3-4-8-22(21)34-23)15-18-9-11-20(12-10-18)32-24(25,26)27/h3-4,7-12H,1,5-6,13-15H2,2H3. The van der Waals surface area contributed by atoms with Crippen LogP contribution in [0.1, 0.15) is 30.4 Å². The van der Waals surface area contributed by atoms with Gasteiger partial charge in [-0.25, -0.2) is 8.42 Å². The van der Waals surface area contributed by atoms with Crippen molar-refractivity contribution in [1.82, 2.24) is 0 Å². The summed E-state index contributed by atoms with van der Waals surface area (Å²) >= 11 is 1.37. The summed E-state index contributed by atoms with van der Waals surface area (Å²) in [6.45, 7) is 5.54. The van der Waals surface area contributed by atoms with Crippen molar-refractivity contribution in [2.75, 3.05) is 10.1 Å². The van der Waals surface area contributed by atoms with Crippen LogP contribution < -0.4 is 9.04 Å². The van der Waals surface area contributed by atoms with Crippen LogP contribution in [0, 0.1) is 6.92 Å². The van der Waals surface area contributed by atoms with Gasteiger partial charge in [0.1, 0.15) is 16.5 Å². The van der Waals surface area contributed by atoms with E-state index in [1.165, 1.54) is 39.9 Å². The van der Waals surface area contributed by atoms with E-state index in [1.807, 2.05) is 31.2 Å². The maximum absolute atomic E-state index is 13.5. The Morgan fingerprint density at radius 3 is 2.51 bits per heavy atom. The molecule has 0 spiro atoms. The van der Waals surface area contributed by atoms with Gasteiger partial charge in [0, 0.05) is 11.1 Å². The zero-order valence-corrected chi connectivity index (χ0v) is 20.5. The van der Waals surface area contributed by atoms with Gasteiger partial charge in [-0.1, -0.05) is 42.1 Å². The van der Waals surface area contributed by atoms with Gasteiger partial charge >= 0.3 is 6.36 Å². The number of rotatable bonds is 9. The molecule has 11 heteroatoms. The van der Waals surface area contributed by atoms with E-state index in [0.29, 0.717) is 35.6 Å². The highest BCUT2D eigenvalue weighted by Gasteiger charge is 2.31. The molecule has 186 valence electrons. The molecule has 0 saturated heterocycles. The van der Waals surface area contributed by atoms with E-state index < -0.39 is 16.4 Å². The number of sulfonamides is 1. The molecule has 2 aromatic carbocycles. The third kappa shape index (κ3) is 6.15. The lowest BCUT2D eigenvalue weighted by Gasteiger charge is -2.24. The summed E-state index contributed by atoms with van der Waals surface area (Å²) in [6, 6.07) is 12.9. The molecular formula is C24H23F3N2O4S2. The first-order valence-electron chi connectivity index (χ1n) is 10.8. The first-order valence-corrected chi connectivity index (χ1v) is 13.2. The second-order valence-corrected chi connectivity index (χ2v) is 11.2. The molecule has 1 aromatic heterocycles. The van der Waals surface area contributed by atoms with Gasteiger partial charge in [0.05, 0.1) is 18.0 Å².